The van der Waals surface area contributed by atoms with Crippen LogP contribution in [-0.4, -0.2) is 12.1 Å². The molecule has 0 amide bonds. The van der Waals surface area contributed by atoms with Crippen molar-refractivity contribution < 1.29 is 9.59 Å². The second kappa shape index (κ2) is 14.1. The lowest BCUT2D eigenvalue weighted by molar-refractivity contribution is -0.122. The SMILES string of the molecule is CCCCCC/C=C\CCCCCC(=O)CC=O. The lowest BCUT2D eigenvalue weighted by Crippen LogP contribution is -1.97. The number of carbonyl (C=O) groups is 2. The average Bonchev–Trinajstić information content (AvgIpc) is 2.36. The molecule has 0 aliphatic rings. The molecule has 0 radical (unpaired) electrons. The van der Waals surface area contributed by atoms with E-state index >= 15 is 0 Å². The Morgan fingerprint density at radius 3 is 2.06 bits per heavy atom. The van der Waals surface area contributed by atoms with Crippen molar-refractivity contribution in [3.05, 3.63) is 12.2 Å². The Morgan fingerprint density at radius 2 is 1.50 bits per heavy atom. The Labute approximate surface area is 112 Å². The summed E-state index contributed by atoms with van der Waals surface area (Å²) in [4.78, 5) is 21.1. The van der Waals surface area contributed by atoms with Crippen LogP contribution in [0.2, 0.25) is 0 Å². The largest absolute Gasteiger partial charge is 0.303 e. The average molecular weight is 252 g/mol. The van der Waals surface area contributed by atoms with Gasteiger partial charge in [0.1, 0.15) is 12.1 Å². The number of carbonyl (C=O) groups excluding carboxylic acids is 2. The maximum atomic E-state index is 11.1. The quantitative estimate of drug-likeness (QED) is 0.207. The minimum Gasteiger partial charge on any atom is -0.303 e. The number of allylic oxidation sites excluding steroid dienone is 2. The topological polar surface area (TPSA) is 34.1 Å². The molecule has 0 fully saturated rings. The summed E-state index contributed by atoms with van der Waals surface area (Å²) in [5, 5.41) is 0. The van der Waals surface area contributed by atoms with Crippen LogP contribution >= 0.6 is 0 Å². The van der Waals surface area contributed by atoms with Gasteiger partial charge in [-0.2, -0.15) is 0 Å². The predicted octanol–water partition coefficient (Wildman–Crippen LogP) is 4.62. The summed E-state index contributed by atoms with van der Waals surface area (Å²) in [6, 6.07) is 0. The van der Waals surface area contributed by atoms with Gasteiger partial charge >= 0.3 is 0 Å². The van der Waals surface area contributed by atoms with Crippen LogP contribution in [0.15, 0.2) is 12.2 Å². The van der Waals surface area contributed by atoms with Crippen LogP contribution in [0.25, 0.3) is 0 Å². The molecule has 0 aromatic heterocycles. The van der Waals surface area contributed by atoms with Gasteiger partial charge in [-0.1, -0.05) is 44.8 Å². The van der Waals surface area contributed by atoms with Gasteiger partial charge < -0.3 is 4.79 Å². The van der Waals surface area contributed by atoms with Crippen LogP contribution in [0.5, 0.6) is 0 Å². The summed E-state index contributed by atoms with van der Waals surface area (Å²) in [6.45, 7) is 2.23. The summed E-state index contributed by atoms with van der Waals surface area (Å²) in [5.74, 6) is 0.0801. The van der Waals surface area contributed by atoms with E-state index in [1.807, 2.05) is 0 Å². The fraction of sp³-hybridized carbons (Fsp3) is 0.750. The number of hydrogen-bond acceptors (Lipinski definition) is 2. The van der Waals surface area contributed by atoms with Gasteiger partial charge in [0.15, 0.2) is 0 Å². The number of Topliss-reactive ketones (excluding diaryl/α,β-unsaturated/α-hetero) is 1. The molecule has 0 aromatic rings. The van der Waals surface area contributed by atoms with Gasteiger partial charge in [0, 0.05) is 6.42 Å². The number of unbranched alkanes of at least 4 members (excludes halogenated alkanes) is 7. The maximum Gasteiger partial charge on any atom is 0.139 e. The van der Waals surface area contributed by atoms with Crippen LogP contribution in [0.1, 0.15) is 77.6 Å². The lowest BCUT2D eigenvalue weighted by Gasteiger charge is -1.97. The Morgan fingerprint density at radius 1 is 0.889 bits per heavy atom. The molecular weight excluding hydrogens is 224 g/mol. The zero-order chi connectivity index (χ0) is 13.5. The second-order valence-corrected chi connectivity index (χ2v) is 4.83. The van der Waals surface area contributed by atoms with E-state index in [1.54, 1.807) is 0 Å². The molecule has 0 unspecified atom stereocenters. The van der Waals surface area contributed by atoms with Gasteiger partial charge in [0.25, 0.3) is 0 Å². The molecular formula is C16H28O2. The third-order valence-corrected chi connectivity index (χ3v) is 3.03. The first-order chi connectivity index (χ1) is 8.81. The molecule has 2 heteroatoms. The van der Waals surface area contributed by atoms with Crippen molar-refractivity contribution >= 4 is 12.1 Å². The first-order valence-electron chi connectivity index (χ1n) is 7.41. The predicted molar refractivity (Wildman–Crippen MR) is 76.7 cm³/mol. The van der Waals surface area contributed by atoms with Gasteiger partial charge in [0.2, 0.25) is 0 Å². The highest BCUT2D eigenvalue weighted by molar-refractivity contribution is 5.89. The summed E-state index contributed by atoms with van der Waals surface area (Å²) < 4.78 is 0. The molecule has 18 heavy (non-hydrogen) atoms. The maximum absolute atomic E-state index is 11.1. The first kappa shape index (κ1) is 17.1. The van der Waals surface area contributed by atoms with E-state index in [9.17, 15) is 9.59 Å². The molecule has 0 rings (SSSR count). The molecule has 0 saturated carbocycles. The molecule has 0 N–H and O–H groups in total. The molecule has 0 aliphatic heterocycles. The molecule has 0 aromatic carbocycles. The van der Waals surface area contributed by atoms with Crippen molar-refractivity contribution in [3.63, 3.8) is 0 Å². The highest BCUT2D eigenvalue weighted by atomic mass is 16.1. The van der Waals surface area contributed by atoms with E-state index in [0.717, 1.165) is 25.7 Å². The lowest BCUT2D eigenvalue weighted by atomic mass is 10.1. The fourth-order valence-corrected chi connectivity index (χ4v) is 1.88. The monoisotopic (exact) mass is 252 g/mol. The number of rotatable bonds is 13. The van der Waals surface area contributed by atoms with Crippen molar-refractivity contribution in [2.75, 3.05) is 0 Å². The summed E-state index contributed by atoms with van der Waals surface area (Å²) in [7, 11) is 0. The zero-order valence-corrected chi connectivity index (χ0v) is 11.8. The van der Waals surface area contributed by atoms with Crippen LogP contribution < -0.4 is 0 Å². The third-order valence-electron chi connectivity index (χ3n) is 3.03. The van der Waals surface area contributed by atoms with Gasteiger partial charge in [-0.05, 0) is 32.1 Å². The normalized spacial score (nSPS) is 10.9. The van der Waals surface area contributed by atoms with Gasteiger partial charge in [-0.25, -0.2) is 0 Å². The van der Waals surface area contributed by atoms with Crippen molar-refractivity contribution in [1.29, 1.82) is 0 Å². The Hall–Kier alpha value is -0.920. The summed E-state index contributed by atoms with van der Waals surface area (Å²) >= 11 is 0. The van der Waals surface area contributed by atoms with Crippen LogP contribution in [0, 0.1) is 0 Å². The highest BCUT2D eigenvalue weighted by Crippen LogP contribution is 2.07. The molecule has 104 valence electrons. The number of aldehydes is 1. The molecule has 0 spiro atoms. The van der Waals surface area contributed by atoms with Crippen LogP contribution in [0.3, 0.4) is 0 Å². The van der Waals surface area contributed by atoms with E-state index in [2.05, 4.69) is 19.1 Å². The van der Waals surface area contributed by atoms with E-state index in [1.165, 1.54) is 32.1 Å². The Kier molecular flexibility index (Phi) is 13.4. The van der Waals surface area contributed by atoms with Crippen molar-refractivity contribution in [3.8, 4) is 0 Å². The van der Waals surface area contributed by atoms with E-state index in [0.29, 0.717) is 12.7 Å². The van der Waals surface area contributed by atoms with Crippen molar-refractivity contribution in [1.82, 2.24) is 0 Å². The van der Waals surface area contributed by atoms with Gasteiger partial charge in [0.05, 0.1) is 6.42 Å². The van der Waals surface area contributed by atoms with E-state index in [-0.39, 0.29) is 12.2 Å². The highest BCUT2D eigenvalue weighted by Gasteiger charge is 1.99. The second-order valence-electron chi connectivity index (χ2n) is 4.83. The van der Waals surface area contributed by atoms with Gasteiger partial charge in [-0.15, -0.1) is 0 Å². The summed E-state index contributed by atoms with van der Waals surface area (Å²) in [5.41, 5.74) is 0. The minimum absolute atomic E-state index is 0.0801. The molecule has 0 heterocycles. The smallest absolute Gasteiger partial charge is 0.139 e. The molecule has 0 saturated heterocycles. The van der Waals surface area contributed by atoms with Crippen LogP contribution in [-0.2, 0) is 9.59 Å². The Balaban J connectivity index is 3.17. The summed E-state index contributed by atoms with van der Waals surface area (Å²) in [6.07, 6.45) is 16.7. The third kappa shape index (κ3) is 13.1. The zero-order valence-electron chi connectivity index (χ0n) is 11.8. The standard InChI is InChI=1S/C16H28O2/c1-2-3-4-5-6-7-8-9-10-11-12-13-16(18)14-15-17/h7-8,15H,2-6,9-14H2,1H3/b8-7-. The van der Waals surface area contributed by atoms with E-state index < -0.39 is 0 Å². The number of hydrogen-bond donors (Lipinski definition) is 0. The fourth-order valence-electron chi connectivity index (χ4n) is 1.88. The van der Waals surface area contributed by atoms with Crippen LogP contribution in [0.4, 0.5) is 0 Å². The molecule has 0 aliphatic carbocycles. The number of ketones is 1. The van der Waals surface area contributed by atoms with Gasteiger partial charge in [-0.3, -0.25) is 4.79 Å². The molecule has 0 bridgehead atoms. The first-order valence-corrected chi connectivity index (χ1v) is 7.41. The van der Waals surface area contributed by atoms with Crippen molar-refractivity contribution in [2.24, 2.45) is 0 Å². The van der Waals surface area contributed by atoms with E-state index in [4.69, 9.17) is 0 Å². The minimum atomic E-state index is 0.0801. The van der Waals surface area contributed by atoms with Crippen molar-refractivity contribution in [2.45, 2.75) is 77.6 Å². The Bertz CT molecular complexity index is 231. The molecule has 0 atom stereocenters. The molecule has 2 nitrogen and oxygen atoms in total.